The molecule has 0 unspecified atom stereocenters. The highest BCUT2D eigenvalue weighted by Gasteiger charge is 1.95. The van der Waals surface area contributed by atoms with Crippen molar-refractivity contribution in [2.45, 2.75) is 13.3 Å². The fourth-order valence-electron chi connectivity index (χ4n) is 0.621. The van der Waals surface area contributed by atoms with Crippen LogP contribution < -0.4 is 5.73 Å². The van der Waals surface area contributed by atoms with E-state index in [9.17, 15) is 0 Å². The molecule has 9 heavy (non-hydrogen) atoms. The maximum Gasteiger partial charge on any atom is 0.190 e. The molecule has 2 N–H and O–H groups in total. The van der Waals surface area contributed by atoms with Crippen molar-refractivity contribution in [2.75, 3.05) is 20.6 Å². The van der Waals surface area contributed by atoms with Gasteiger partial charge < -0.3 is 10.6 Å². The first kappa shape index (κ1) is 8.27. The van der Waals surface area contributed by atoms with Crippen LogP contribution in [0.1, 0.15) is 13.3 Å². The molecule has 0 saturated heterocycles. The van der Waals surface area contributed by atoms with Crippen molar-refractivity contribution in [1.82, 2.24) is 4.90 Å². The third-order valence-electron chi connectivity index (χ3n) is 1.18. The molecule has 0 aromatic carbocycles. The Labute approximate surface area is 56.6 Å². The monoisotopic (exact) mass is 129 g/mol. The van der Waals surface area contributed by atoms with Crippen LogP contribution in [0, 0.1) is 0 Å². The smallest absolute Gasteiger partial charge is 0.190 e. The minimum absolute atomic E-state index is 0.608. The Hall–Kier alpha value is -0.730. The Balaban J connectivity index is 3.59. The highest BCUT2D eigenvalue weighted by molar-refractivity contribution is 5.77. The third-order valence-corrected chi connectivity index (χ3v) is 1.18. The van der Waals surface area contributed by atoms with Gasteiger partial charge in [-0.05, 0) is 6.42 Å². The lowest BCUT2D eigenvalue weighted by molar-refractivity contribution is 0.495. The van der Waals surface area contributed by atoms with E-state index in [0.29, 0.717) is 5.96 Å². The van der Waals surface area contributed by atoms with Gasteiger partial charge in [-0.3, -0.25) is 4.99 Å². The van der Waals surface area contributed by atoms with Crippen molar-refractivity contribution in [3.8, 4) is 0 Å². The van der Waals surface area contributed by atoms with Gasteiger partial charge in [0, 0.05) is 20.6 Å². The van der Waals surface area contributed by atoms with Crippen LogP contribution >= 0.6 is 0 Å². The molecule has 0 amide bonds. The second kappa shape index (κ2) is 4.18. The standard InChI is InChI=1S/C6H15N3/c1-4-5-9(3)6(7)8-2/h4-5H2,1-3H3,(H2,7,8). The Morgan fingerprint density at radius 2 is 2.22 bits per heavy atom. The molecule has 54 valence electrons. The van der Waals surface area contributed by atoms with Crippen molar-refractivity contribution >= 4 is 5.96 Å². The van der Waals surface area contributed by atoms with Gasteiger partial charge in [0.15, 0.2) is 5.96 Å². The lowest BCUT2D eigenvalue weighted by atomic mass is 10.4. The Morgan fingerprint density at radius 3 is 2.56 bits per heavy atom. The maximum atomic E-state index is 5.48. The fourth-order valence-corrected chi connectivity index (χ4v) is 0.621. The van der Waals surface area contributed by atoms with Gasteiger partial charge in [-0.2, -0.15) is 0 Å². The van der Waals surface area contributed by atoms with Crippen LogP contribution in [-0.4, -0.2) is 31.5 Å². The number of hydrogen-bond donors (Lipinski definition) is 1. The quantitative estimate of drug-likeness (QED) is 0.429. The summed E-state index contributed by atoms with van der Waals surface area (Å²) in [5, 5.41) is 0. The zero-order valence-electron chi connectivity index (χ0n) is 6.39. The van der Waals surface area contributed by atoms with E-state index in [1.54, 1.807) is 7.05 Å². The van der Waals surface area contributed by atoms with Crippen LogP contribution in [0.3, 0.4) is 0 Å². The van der Waals surface area contributed by atoms with E-state index in [-0.39, 0.29) is 0 Å². The minimum atomic E-state index is 0.608. The molecule has 0 heterocycles. The molecule has 0 aromatic rings. The third kappa shape index (κ3) is 2.95. The number of aliphatic imine (C=N–C) groups is 1. The first-order valence-corrected chi connectivity index (χ1v) is 3.15. The molecule has 3 heteroatoms. The lowest BCUT2D eigenvalue weighted by Crippen LogP contribution is -2.34. The first-order valence-electron chi connectivity index (χ1n) is 3.15. The molecule has 3 nitrogen and oxygen atoms in total. The van der Waals surface area contributed by atoms with Crippen molar-refractivity contribution < 1.29 is 0 Å². The Morgan fingerprint density at radius 1 is 1.67 bits per heavy atom. The summed E-state index contributed by atoms with van der Waals surface area (Å²) in [7, 11) is 3.63. The minimum Gasteiger partial charge on any atom is -0.370 e. The van der Waals surface area contributed by atoms with Gasteiger partial charge in [-0.1, -0.05) is 6.92 Å². The van der Waals surface area contributed by atoms with Crippen molar-refractivity contribution in [3.63, 3.8) is 0 Å². The Bertz CT molecular complexity index is 98.5. The van der Waals surface area contributed by atoms with E-state index >= 15 is 0 Å². The second-order valence-electron chi connectivity index (χ2n) is 2.00. The molecular formula is C6H15N3. The van der Waals surface area contributed by atoms with Gasteiger partial charge in [-0.15, -0.1) is 0 Å². The van der Waals surface area contributed by atoms with Gasteiger partial charge in [0.05, 0.1) is 0 Å². The zero-order chi connectivity index (χ0) is 7.28. The molecular weight excluding hydrogens is 114 g/mol. The van der Waals surface area contributed by atoms with Gasteiger partial charge in [0.1, 0.15) is 0 Å². The lowest BCUT2D eigenvalue weighted by Gasteiger charge is -2.15. The average Bonchev–Trinajstić information content (AvgIpc) is 1.87. The van der Waals surface area contributed by atoms with E-state index in [1.807, 2.05) is 11.9 Å². The molecule has 0 aliphatic heterocycles. The van der Waals surface area contributed by atoms with Crippen LogP contribution in [0.15, 0.2) is 4.99 Å². The number of nitrogens with two attached hydrogens (primary N) is 1. The summed E-state index contributed by atoms with van der Waals surface area (Å²) in [4.78, 5) is 5.76. The largest absolute Gasteiger partial charge is 0.370 e. The number of nitrogens with zero attached hydrogens (tertiary/aromatic N) is 2. The Kier molecular flexibility index (Phi) is 3.84. The van der Waals surface area contributed by atoms with E-state index < -0.39 is 0 Å². The first-order chi connectivity index (χ1) is 4.22. The summed E-state index contributed by atoms with van der Waals surface area (Å²) in [5.41, 5.74) is 5.48. The fraction of sp³-hybridized carbons (Fsp3) is 0.833. The maximum absolute atomic E-state index is 5.48. The van der Waals surface area contributed by atoms with Gasteiger partial charge in [0.25, 0.3) is 0 Å². The van der Waals surface area contributed by atoms with Crippen molar-refractivity contribution in [3.05, 3.63) is 0 Å². The number of hydrogen-bond acceptors (Lipinski definition) is 1. The molecule has 0 saturated carbocycles. The molecule has 0 fully saturated rings. The zero-order valence-corrected chi connectivity index (χ0v) is 6.39. The molecule has 0 bridgehead atoms. The number of rotatable bonds is 2. The summed E-state index contributed by atoms with van der Waals surface area (Å²) >= 11 is 0. The summed E-state index contributed by atoms with van der Waals surface area (Å²) < 4.78 is 0. The van der Waals surface area contributed by atoms with Crippen molar-refractivity contribution in [2.24, 2.45) is 10.7 Å². The molecule has 0 spiro atoms. The van der Waals surface area contributed by atoms with Crippen LogP contribution in [0.2, 0.25) is 0 Å². The predicted octanol–water partition coefficient (Wildman–Crippen LogP) is 0.273. The normalized spacial score (nSPS) is 11.7. The van der Waals surface area contributed by atoms with E-state index in [0.717, 1.165) is 13.0 Å². The van der Waals surface area contributed by atoms with Crippen LogP contribution in [-0.2, 0) is 0 Å². The van der Waals surface area contributed by atoms with Crippen molar-refractivity contribution in [1.29, 1.82) is 0 Å². The highest BCUT2D eigenvalue weighted by Crippen LogP contribution is 1.83. The van der Waals surface area contributed by atoms with Gasteiger partial charge >= 0.3 is 0 Å². The highest BCUT2D eigenvalue weighted by atomic mass is 15.2. The number of guanidine groups is 1. The van der Waals surface area contributed by atoms with E-state index in [2.05, 4.69) is 11.9 Å². The SMILES string of the molecule is CCCN(C)C(N)=NC. The summed E-state index contributed by atoms with van der Waals surface area (Å²) in [6, 6.07) is 0. The van der Waals surface area contributed by atoms with E-state index in [1.165, 1.54) is 0 Å². The van der Waals surface area contributed by atoms with Gasteiger partial charge in [-0.25, -0.2) is 0 Å². The van der Waals surface area contributed by atoms with Gasteiger partial charge in [0.2, 0.25) is 0 Å². The second-order valence-corrected chi connectivity index (χ2v) is 2.00. The summed E-state index contributed by atoms with van der Waals surface area (Å²) in [6.07, 6.45) is 1.10. The summed E-state index contributed by atoms with van der Waals surface area (Å²) in [6.45, 7) is 3.09. The topological polar surface area (TPSA) is 41.6 Å². The molecule has 0 aliphatic rings. The molecule has 0 aromatic heterocycles. The predicted molar refractivity (Wildman–Crippen MR) is 40.5 cm³/mol. The molecule has 0 rings (SSSR count). The van der Waals surface area contributed by atoms with E-state index in [4.69, 9.17) is 5.73 Å². The molecule has 0 aliphatic carbocycles. The van der Waals surface area contributed by atoms with Crippen LogP contribution in [0.25, 0.3) is 0 Å². The average molecular weight is 129 g/mol. The molecule has 0 radical (unpaired) electrons. The summed E-state index contributed by atoms with van der Waals surface area (Å²) in [5.74, 6) is 0.608. The molecule has 0 atom stereocenters. The van der Waals surface area contributed by atoms with Crippen LogP contribution in [0.5, 0.6) is 0 Å². The van der Waals surface area contributed by atoms with Crippen LogP contribution in [0.4, 0.5) is 0 Å².